The average Bonchev–Trinajstić information content (AvgIpc) is 2.53. The Bertz CT molecular complexity index is 793. The Morgan fingerprint density at radius 1 is 1.20 bits per heavy atom. The lowest BCUT2D eigenvalue weighted by Crippen LogP contribution is -2.32. The van der Waals surface area contributed by atoms with Gasteiger partial charge in [0, 0.05) is 17.6 Å². The quantitative estimate of drug-likeness (QED) is 0.685. The summed E-state index contributed by atoms with van der Waals surface area (Å²) in [6.45, 7) is 2.43. The summed E-state index contributed by atoms with van der Waals surface area (Å²) in [6.07, 6.45) is 1.12. The van der Waals surface area contributed by atoms with Crippen LogP contribution in [0.15, 0.2) is 48.5 Å². The molecule has 0 aliphatic rings. The van der Waals surface area contributed by atoms with Gasteiger partial charge in [0.05, 0.1) is 12.4 Å². The van der Waals surface area contributed by atoms with Crippen molar-refractivity contribution in [3.63, 3.8) is 0 Å². The fraction of sp³-hybridized carbons (Fsp3) is 0.333. The summed E-state index contributed by atoms with van der Waals surface area (Å²) >= 11 is 5.93. The number of halogens is 1. The Morgan fingerprint density at radius 3 is 2.48 bits per heavy atom. The van der Waals surface area contributed by atoms with E-state index in [9.17, 15) is 13.5 Å². The van der Waals surface area contributed by atoms with Crippen molar-refractivity contribution in [2.24, 2.45) is 0 Å². The molecule has 0 saturated carbocycles. The maximum absolute atomic E-state index is 11.1. The smallest absolute Gasteiger partial charge is 0.306 e. The molecule has 0 aromatic heterocycles. The maximum Gasteiger partial charge on any atom is 0.306 e. The molecule has 0 fully saturated rings. The van der Waals surface area contributed by atoms with Crippen LogP contribution in [0.3, 0.4) is 0 Å². The minimum Gasteiger partial charge on any atom is -0.387 e. The molecule has 2 aromatic rings. The second kappa shape index (κ2) is 8.67. The molecule has 5 nitrogen and oxygen atoms in total. The molecule has 0 amide bonds. The Hall–Kier alpha value is -1.60. The highest BCUT2D eigenvalue weighted by molar-refractivity contribution is 7.86. The van der Waals surface area contributed by atoms with Crippen LogP contribution in [0, 0.1) is 0 Å². The lowest BCUT2D eigenvalue weighted by molar-refractivity contribution is 0.170. The summed E-state index contributed by atoms with van der Waals surface area (Å²) in [5, 5.41) is 14.1. The van der Waals surface area contributed by atoms with E-state index in [2.05, 4.69) is 5.32 Å². The molecule has 0 aliphatic carbocycles. The van der Waals surface area contributed by atoms with Gasteiger partial charge < -0.3 is 14.6 Å². The van der Waals surface area contributed by atoms with E-state index in [-0.39, 0.29) is 6.04 Å². The van der Waals surface area contributed by atoms with Gasteiger partial charge in [-0.2, -0.15) is 8.42 Å². The van der Waals surface area contributed by atoms with Crippen molar-refractivity contribution in [3.8, 4) is 5.75 Å². The molecule has 7 heteroatoms. The average molecular weight is 384 g/mol. The van der Waals surface area contributed by atoms with Crippen LogP contribution in [0.1, 0.15) is 24.2 Å². The monoisotopic (exact) mass is 383 g/mol. The summed E-state index contributed by atoms with van der Waals surface area (Å²) in [6, 6.07) is 14.2. The van der Waals surface area contributed by atoms with E-state index in [0.717, 1.165) is 23.8 Å². The summed E-state index contributed by atoms with van der Waals surface area (Å²) < 4.78 is 27.0. The Morgan fingerprint density at radius 2 is 1.88 bits per heavy atom. The van der Waals surface area contributed by atoms with Crippen LogP contribution in [0.25, 0.3) is 0 Å². The van der Waals surface area contributed by atoms with Crippen LogP contribution in [-0.4, -0.2) is 32.4 Å². The molecule has 0 saturated heterocycles. The fourth-order valence-corrected chi connectivity index (χ4v) is 3.09. The minimum atomic E-state index is -3.51. The summed E-state index contributed by atoms with van der Waals surface area (Å²) in [5.41, 5.74) is 1.81. The van der Waals surface area contributed by atoms with Crippen molar-refractivity contribution in [2.75, 3.05) is 12.8 Å². The Labute approximate surface area is 153 Å². The molecule has 136 valence electrons. The molecule has 0 aliphatic heterocycles. The first kappa shape index (κ1) is 19.7. The zero-order valence-corrected chi connectivity index (χ0v) is 15.7. The van der Waals surface area contributed by atoms with Crippen molar-refractivity contribution < 1.29 is 17.7 Å². The Balaban J connectivity index is 1.84. The van der Waals surface area contributed by atoms with Gasteiger partial charge in [0.2, 0.25) is 0 Å². The number of aliphatic hydroxyl groups excluding tert-OH is 1. The van der Waals surface area contributed by atoms with Gasteiger partial charge in [-0.1, -0.05) is 35.9 Å². The fourth-order valence-electron chi connectivity index (χ4n) is 2.43. The molecule has 2 unspecified atom stereocenters. The first-order valence-corrected chi connectivity index (χ1v) is 10.1. The van der Waals surface area contributed by atoms with Crippen LogP contribution in [0.5, 0.6) is 5.75 Å². The summed E-state index contributed by atoms with van der Waals surface area (Å²) in [4.78, 5) is 0. The second-order valence-electron chi connectivity index (χ2n) is 6.02. The number of benzene rings is 2. The number of hydrogen-bond donors (Lipinski definition) is 2. The van der Waals surface area contributed by atoms with Crippen molar-refractivity contribution in [2.45, 2.75) is 25.5 Å². The first-order chi connectivity index (χ1) is 11.7. The van der Waals surface area contributed by atoms with Gasteiger partial charge in [0.15, 0.2) is 0 Å². The third-order valence-electron chi connectivity index (χ3n) is 3.61. The SMILES string of the molecule is CC(Cc1ccc(OS(C)(=O)=O)cc1)NCC(O)c1cccc(Cl)c1. The number of nitrogens with one attached hydrogen (secondary N) is 1. The van der Waals surface area contributed by atoms with Crippen LogP contribution in [0.4, 0.5) is 0 Å². The highest BCUT2D eigenvalue weighted by atomic mass is 35.5. The molecule has 2 N–H and O–H groups in total. The van der Waals surface area contributed by atoms with Crippen molar-refractivity contribution >= 4 is 21.7 Å². The number of hydrogen-bond acceptors (Lipinski definition) is 5. The zero-order valence-electron chi connectivity index (χ0n) is 14.1. The molecule has 2 aromatic carbocycles. The molecule has 0 radical (unpaired) electrons. The van der Waals surface area contributed by atoms with E-state index in [1.54, 1.807) is 24.3 Å². The normalized spacial score (nSPS) is 14.1. The summed E-state index contributed by atoms with van der Waals surface area (Å²) in [7, 11) is -3.51. The number of aliphatic hydroxyl groups is 1. The molecule has 0 heterocycles. The first-order valence-electron chi connectivity index (χ1n) is 7.88. The predicted octanol–water partition coefficient (Wildman–Crippen LogP) is 2.93. The molecule has 0 spiro atoms. The van der Waals surface area contributed by atoms with E-state index in [0.29, 0.717) is 17.3 Å². The predicted molar refractivity (Wildman–Crippen MR) is 99.5 cm³/mol. The van der Waals surface area contributed by atoms with Crippen molar-refractivity contribution in [1.29, 1.82) is 0 Å². The van der Waals surface area contributed by atoms with Crippen molar-refractivity contribution in [1.82, 2.24) is 5.32 Å². The Kier molecular flexibility index (Phi) is 6.84. The standard InChI is InChI=1S/C18H22ClNO4S/c1-13(20-12-18(21)15-4-3-5-16(19)11-15)10-14-6-8-17(9-7-14)24-25(2,22)23/h3-9,11,13,18,20-21H,10,12H2,1-2H3. The lowest BCUT2D eigenvalue weighted by Gasteiger charge is -2.18. The van der Waals surface area contributed by atoms with E-state index in [1.165, 1.54) is 0 Å². The van der Waals surface area contributed by atoms with Gasteiger partial charge in [-0.25, -0.2) is 0 Å². The summed E-state index contributed by atoms with van der Waals surface area (Å²) in [5.74, 6) is 0.295. The van der Waals surface area contributed by atoms with Gasteiger partial charge in [0.25, 0.3) is 0 Å². The molecular weight excluding hydrogens is 362 g/mol. The van der Waals surface area contributed by atoms with Crippen LogP contribution in [-0.2, 0) is 16.5 Å². The van der Waals surface area contributed by atoms with Crippen LogP contribution >= 0.6 is 11.6 Å². The van der Waals surface area contributed by atoms with E-state index >= 15 is 0 Å². The minimum absolute atomic E-state index is 0.135. The topological polar surface area (TPSA) is 75.6 Å². The molecule has 2 rings (SSSR count). The second-order valence-corrected chi connectivity index (χ2v) is 8.03. The van der Waals surface area contributed by atoms with E-state index in [4.69, 9.17) is 15.8 Å². The van der Waals surface area contributed by atoms with E-state index in [1.807, 2.05) is 31.2 Å². The zero-order chi connectivity index (χ0) is 18.4. The third-order valence-corrected chi connectivity index (χ3v) is 4.34. The van der Waals surface area contributed by atoms with Gasteiger partial charge in [-0.3, -0.25) is 0 Å². The molecular formula is C18H22ClNO4S. The highest BCUT2D eigenvalue weighted by Gasteiger charge is 2.11. The van der Waals surface area contributed by atoms with Crippen LogP contribution in [0.2, 0.25) is 5.02 Å². The number of rotatable bonds is 8. The third kappa shape index (κ3) is 7.04. The van der Waals surface area contributed by atoms with Gasteiger partial charge in [0.1, 0.15) is 5.75 Å². The molecule has 0 bridgehead atoms. The van der Waals surface area contributed by atoms with Gasteiger partial charge in [-0.15, -0.1) is 0 Å². The van der Waals surface area contributed by atoms with Gasteiger partial charge in [-0.05, 0) is 48.7 Å². The molecule has 25 heavy (non-hydrogen) atoms. The van der Waals surface area contributed by atoms with Crippen LogP contribution < -0.4 is 9.50 Å². The lowest BCUT2D eigenvalue weighted by atomic mass is 10.1. The largest absolute Gasteiger partial charge is 0.387 e. The van der Waals surface area contributed by atoms with Crippen molar-refractivity contribution in [3.05, 3.63) is 64.7 Å². The maximum atomic E-state index is 11.1. The van der Waals surface area contributed by atoms with E-state index < -0.39 is 16.2 Å². The highest BCUT2D eigenvalue weighted by Crippen LogP contribution is 2.18. The molecule has 2 atom stereocenters. The van der Waals surface area contributed by atoms with Gasteiger partial charge >= 0.3 is 10.1 Å².